The van der Waals surface area contributed by atoms with E-state index in [9.17, 15) is 13.2 Å². The fourth-order valence-electron chi connectivity index (χ4n) is 3.61. The van der Waals surface area contributed by atoms with Crippen LogP contribution in [0, 0.1) is 0 Å². The Kier molecular flexibility index (Phi) is 8.31. The summed E-state index contributed by atoms with van der Waals surface area (Å²) in [6.07, 6.45) is -3.50. The molecule has 0 amide bonds. The van der Waals surface area contributed by atoms with E-state index < -0.39 is 12.7 Å². The zero-order valence-electron chi connectivity index (χ0n) is 17.7. The molecule has 0 aromatic heterocycles. The Bertz CT molecular complexity index is 842. The lowest BCUT2D eigenvalue weighted by molar-refractivity contribution is -0.143. The van der Waals surface area contributed by atoms with Crippen molar-refractivity contribution in [2.24, 2.45) is 4.99 Å². The molecule has 2 aromatic carbocycles. The molecular formula is C23H29F3N4O. The number of aliphatic imine (C=N–C) groups is 1. The van der Waals surface area contributed by atoms with Gasteiger partial charge in [0.15, 0.2) is 5.96 Å². The zero-order chi connectivity index (χ0) is 22.1. The number of guanidine groups is 1. The predicted molar refractivity (Wildman–Crippen MR) is 116 cm³/mol. The van der Waals surface area contributed by atoms with Crippen molar-refractivity contribution in [2.75, 3.05) is 26.7 Å². The third-order valence-corrected chi connectivity index (χ3v) is 5.07. The summed E-state index contributed by atoms with van der Waals surface area (Å²) >= 11 is 0. The van der Waals surface area contributed by atoms with Gasteiger partial charge in [-0.05, 0) is 23.1 Å². The van der Waals surface area contributed by atoms with E-state index in [0.717, 1.165) is 16.7 Å². The predicted octanol–water partition coefficient (Wildman–Crippen LogP) is 3.71. The Morgan fingerprint density at radius 1 is 1.06 bits per heavy atom. The van der Waals surface area contributed by atoms with Gasteiger partial charge in [-0.2, -0.15) is 13.2 Å². The van der Waals surface area contributed by atoms with Crippen LogP contribution in [-0.4, -0.2) is 49.8 Å². The molecule has 1 saturated heterocycles. The first-order valence-corrected chi connectivity index (χ1v) is 10.4. The van der Waals surface area contributed by atoms with Gasteiger partial charge in [0.05, 0.1) is 19.8 Å². The van der Waals surface area contributed by atoms with Crippen molar-refractivity contribution in [3.8, 4) is 0 Å². The molecular weight excluding hydrogens is 405 g/mol. The number of halogens is 3. The van der Waals surface area contributed by atoms with Gasteiger partial charge in [0.1, 0.15) is 0 Å². The SMILES string of the molecule is CN=C(NCc1cccc(COCc2ccccc2)c1)NC1CCN(CC(F)(F)F)C1. The molecule has 1 aliphatic heterocycles. The molecule has 168 valence electrons. The molecule has 2 aromatic rings. The number of likely N-dealkylation sites (tertiary alicyclic amines) is 1. The average Bonchev–Trinajstić information content (AvgIpc) is 3.17. The van der Waals surface area contributed by atoms with Gasteiger partial charge in [0.2, 0.25) is 0 Å². The number of benzene rings is 2. The van der Waals surface area contributed by atoms with E-state index in [1.165, 1.54) is 4.90 Å². The second kappa shape index (κ2) is 11.2. The van der Waals surface area contributed by atoms with Crippen LogP contribution in [0.4, 0.5) is 13.2 Å². The molecule has 0 spiro atoms. The topological polar surface area (TPSA) is 48.9 Å². The van der Waals surface area contributed by atoms with Crippen LogP contribution in [0.2, 0.25) is 0 Å². The minimum Gasteiger partial charge on any atom is -0.372 e. The smallest absolute Gasteiger partial charge is 0.372 e. The summed E-state index contributed by atoms with van der Waals surface area (Å²) < 4.78 is 43.5. The molecule has 1 fully saturated rings. The summed E-state index contributed by atoms with van der Waals surface area (Å²) in [5.41, 5.74) is 3.29. The van der Waals surface area contributed by atoms with E-state index in [4.69, 9.17) is 4.74 Å². The number of alkyl halides is 3. The molecule has 2 N–H and O–H groups in total. The highest BCUT2D eigenvalue weighted by Gasteiger charge is 2.34. The minimum absolute atomic E-state index is 0.0497. The molecule has 0 saturated carbocycles. The third-order valence-electron chi connectivity index (χ3n) is 5.07. The summed E-state index contributed by atoms with van der Waals surface area (Å²) in [5, 5.41) is 6.47. The van der Waals surface area contributed by atoms with E-state index in [1.807, 2.05) is 48.5 Å². The second-order valence-corrected chi connectivity index (χ2v) is 7.70. The fourth-order valence-corrected chi connectivity index (χ4v) is 3.61. The van der Waals surface area contributed by atoms with Crippen molar-refractivity contribution in [3.63, 3.8) is 0 Å². The molecule has 0 radical (unpaired) electrons. The largest absolute Gasteiger partial charge is 0.401 e. The van der Waals surface area contributed by atoms with Crippen molar-refractivity contribution in [3.05, 3.63) is 71.3 Å². The number of ether oxygens (including phenoxy) is 1. The number of nitrogens with zero attached hydrogens (tertiary/aromatic N) is 2. The second-order valence-electron chi connectivity index (χ2n) is 7.70. The summed E-state index contributed by atoms with van der Waals surface area (Å²) in [6.45, 7) is 1.56. The lowest BCUT2D eigenvalue weighted by Crippen LogP contribution is -2.44. The maximum absolute atomic E-state index is 12.6. The molecule has 0 bridgehead atoms. The Morgan fingerprint density at radius 2 is 1.77 bits per heavy atom. The highest BCUT2D eigenvalue weighted by Crippen LogP contribution is 2.20. The summed E-state index contributed by atoms with van der Waals surface area (Å²) in [6, 6.07) is 18.1. The van der Waals surface area contributed by atoms with E-state index >= 15 is 0 Å². The average molecular weight is 435 g/mol. The van der Waals surface area contributed by atoms with Gasteiger partial charge in [0.25, 0.3) is 0 Å². The molecule has 1 aliphatic rings. The van der Waals surface area contributed by atoms with Gasteiger partial charge in [0, 0.05) is 32.7 Å². The maximum atomic E-state index is 12.6. The molecule has 31 heavy (non-hydrogen) atoms. The molecule has 8 heteroatoms. The summed E-state index contributed by atoms with van der Waals surface area (Å²) in [4.78, 5) is 5.62. The molecule has 1 atom stereocenters. The standard InChI is InChI=1S/C23H29F3N4O/c1-27-22(29-21-10-11-30(14-21)17-23(24,25)26)28-13-19-8-5-9-20(12-19)16-31-15-18-6-3-2-4-7-18/h2-9,12,21H,10-11,13-17H2,1H3,(H2,27,28,29). The lowest BCUT2D eigenvalue weighted by Gasteiger charge is -2.20. The quantitative estimate of drug-likeness (QED) is 0.491. The molecule has 1 heterocycles. The monoisotopic (exact) mass is 434 g/mol. The number of rotatable bonds is 8. The molecule has 1 unspecified atom stereocenters. The third kappa shape index (κ3) is 8.22. The molecule has 5 nitrogen and oxygen atoms in total. The van der Waals surface area contributed by atoms with Crippen LogP contribution in [0.1, 0.15) is 23.1 Å². The number of nitrogens with one attached hydrogen (secondary N) is 2. The zero-order valence-corrected chi connectivity index (χ0v) is 17.7. The Hall–Kier alpha value is -2.58. The van der Waals surface area contributed by atoms with Crippen LogP contribution < -0.4 is 10.6 Å². The number of hydrogen-bond acceptors (Lipinski definition) is 3. The van der Waals surface area contributed by atoms with Gasteiger partial charge in [-0.3, -0.25) is 9.89 Å². The van der Waals surface area contributed by atoms with Gasteiger partial charge in [-0.25, -0.2) is 0 Å². The van der Waals surface area contributed by atoms with Gasteiger partial charge in [-0.1, -0.05) is 54.6 Å². The highest BCUT2D eigenvalue weighted by molar-refractivity contribution is 5.80. The van der Waals surface area contributed by atoms with E-state index in [-0.39, 0.29) is 6.04 Å². The Balaban J connectivity index is 1.43. The van der Waals surface area contributed by atoms with Crippen LogP contribution >= 0.6 is 0 Å². The summed E-state index contributed by atoms with van der Waals surface area (Å²) in [5.74, 6) is 0.588. The van der Waals surface area contributed by atoms with E-state index in [2.05, 4.69) is 21.7 Å². The maximum Gasteiger partial charge on any atom is 0.401 e. The Morgan fingerprint density at radius 3 is 2.52 bits per heavy atom. The minimum atomic E-state index is -4.16. The Labute approximate surface area is 181 Å². The first-order valence-electron chi connectivity index (χ1n) is 10.4. The van der Waals surface area contributed by atoms with Crippen LogP contribution in [0.3, 0.4) is 0 Å². The summed E-state index contributed by atoms with van der Waals surface area (Å²) in [7, 11) is 1.66. The van der Waals surface area contributed by atoms with Gasteiger partial charge >= 0.3 is 6.18 Å². The first-order chi connectivity index (χ1) is 14.9. The molecule has 0 aliphatic carbocycles. The van der Waals surface area contributed by atoms with Crippen molar-refractivity contribution >= 4 is 5.96 Å². The van der Waals surface area contributed by atoms with Crippen LogP contribution in [-0.2, 0) is 24.5 Å². The van der Waals surface area contributed by atoms with Crippen LogP contribution in [0.5, 0.6) is 0 Å². The van der Waals surface area contributed by atoms with E-state index in [1.54, 1.807) is 7.05 Å². The van der Waals surface area contributed by atoms with Crippen molar-refractivity contribution in [2.45, 2.75) is 38.4 Å². The first kappa shape index (κ1) is 23.1. The lowest BCUT2D eigenvalue weighted by atomic mass is 10.1. The van der Waals surface area contributed by atoms with Crippen molar-refractivity contribution in [1.82, 2.24) is 15.5 Å². The van der Waals surface area contributed by atoms with Crippen LogP contribution in [0.15, 0.2) is 59.6 Å². The van der Waals surface area contributed by atoms with E-state index in [0.29, 0.717) is 45.2 Å². The number of hydrogen-bond donors (Lipinski definition) is 2. The van der Waals surface area contributed by atoms with Crippen molar-refractivity contribution < 1.29 is 17.9 Å². The normalized spacial score (nSPS) is 17.7. The molecule has 3 rings (SSSR count). The highest BCUT2D eigenvalue weighted by atomic mass is 19.4. The van der Waals surface area contributed by atoms with Gasteiger partial charge < -0.3 is 15.4 Å². The fraction of sp³-hybridized carbons (Fsp3) is 0.435. The van der Waals surface area contributed by atoms with Gasteiger partial charge in [-0.15, -0.1) is 0 Å². The van der Waals surface area contributed by atoms with Crippen LogP contribution in [0.25, 0.3) is 0 Å². The van der Waals surface area contributed by atoms with Crippen molar-refractivity contribution in [1.29, 1.82) is 0 Å².